The largest absolute Gasteiger partial charge is 0.390 e. The summed E-state index contributed by atoms with van der Waals surface area (Å²) in [5.74, 6) is -0.0312. The van der Waals surface area contributed by atoms with Crippen molar-refractivity contribution in [3.8, 4) is 0 Å². The third-order valence-corrected chi connectivity index (χ3v) is 3.27. The topological polar surface area (TPSA) is 80.0 Å². The molecule has 1 fully saturated rings. The molecule has 0 spiro atoms. The van der Waals surface area contributed by atoms with Gasteiger partial charge in [-0.15, -0.1) is 5.10 Å². The zero-order valence-corrected chi connectivity index (χ0v) is 10.5. The number of aliphatic hydroxyl groups is 1. The smallest absolute Gasteiger partial charge is 0.242 e. The van der Waals surface area contributed by atoms with E-state index >= 15 is 0 Å². The van der Waals surface area contributed by atoms with Crippen LogP contribution in [0.1, 0.15) is 44.2 Å². The number of nitrogens with one attached hydrogen (secondary N) is 1. The van der Waals surface area contributed by atoms with Crippen LogP contribution in [-0.4, -0.2) is 32.0 Å². The second-order valence-corrected chi connectivity index (χ2v) is 4.82. The van der Waals surface area contributed by atoms with Crippen LogP contribution in [0.3, 0.4) is 0 Å². The molecule has 0 unspecified atom stereocenters. The third-order valence-electron chi connectivity index (χ3n) is 3.27. The van der Waals surface area contributed by atoms with Gasteiger partial charge in [0.05, 0.1) is 12.8 Å². The highest BCUT2D eigenvalue weighted by Gasteiger charge is 2.15. The summed E-state index contributed by atoms with van der Waals surface area (Å²) in [6, 6.07) is 0.306. The fourth-order valence-corrected chi connectivity index (χ4v) is 2.33. The Balaban J connectivity index is 1.80. The maximum Gasteiger partial charge on any atom is 0.242 e. The van der Waals surface area contributed by atoms with E-state index in [1.807, 2.05) is 0 Å². The monoisotopic (exact) mass is 252 g/mol. The first-order valence-electron chi connectivity index (χ1n) is 6.57. The van der Waals surface area contributed by atoms with Crippen molar-refractivity contribution in [1.82, 2.24) is 20.3 Å². The van der Waals surface area contributed by atoms with Gasteiger partial charge in [0.25, 0.3) is 0 Å². The number of carbonyl (C=O) groups excluding carboxylic acids is 1. The summed E-state index contributed by atoms with van der Waals surface area (Å²) in [5, 5.41) is 19.4. The van der Waals surface area contributed by atoms with Crippen molar-refractivity contribution in [3.05, 3.63) is 11.9 Å². The third kappa shape index (κ3) is 3.80. The van der Waals surface area contributed by atoms with E-state index in [0.29, 0.717) is 11.7 Å². The molecule has 0 aliphatic heterocycles. The lowest BCUT2D eigenvalue weighted by atomic mass is 10.1. The van der Waals surface area contributed by atoms with Crippen LogP contribution >= 0.6 is 0 Å². The average Bonchev–Trinajstić information content (AvgIpc) is 2.65. The van der Waals surface area contributed by atoms with E-state index < -0.39 is 0 Å². The maximum atomic E-state index is 11.8. The van der Waals surface area contributed by atoms with Crippen LogP contribution < -0.4 is 5.32 Å². The number of nitrogens with zero attached hydrogens (tertiary/aromatic N) is 3. The zero-order chi connectivity index (χ0) is 12.8. The molecule has 1 aliphatic carbocycles. The Morgan fingerprint density at radius 3 is 2.72 bits per heavy atom. The van der Waals surface area contributed by atoms with Gasteiger partial charge in [0.1, 0.15) is 12.2 Å². The number of hydrogen-bond donors (Lipinski definition) is 2. The molecule has 2 rings (SSSR count). The molecule has 1 aromatic rings. The van der Waals surface area contributed by atoms with Crippen LogP contribution in [0, 0.1) is 0 Å². The van der Waals surface area contributed by atoms with Gasteiger partial charge in [-0.25, -0.2) is 4.68 Å². The molecule has 1 heterocycles. The van der Waals surface area contributed by atoms with Crippen molar-refractivity contribution >= 4 is 5.91 Å². The van der Waals surface area contributed by atoms with E-state index in [4.69, 9.17) is 5.11 Å². The Morgan fingerprint density at radius 2 is 2.11 bits per heavy atom. The van der Waals surface area contributed by atoms with Gasteiger partial charge < -0.3 is 10.4 Å². The Morgan fingerprint density at radius 1 is 1.39 bits per heavy atom. The van der Waals surface area contributed by atoms with Gasteiger partial charge in [0, 0.05) is 6.04 Å². The summed E-state index contributed by atoms with van der Waals surface area (Å²) < 4.78 is 1.46. The van der Waals surface area contributed by atoms with E-state index in [-0.39, 0.29) is 19.1 Å². The Kier molecular flexibility index (Phi) is 4.69. The van der Waals surface area contributed by atoms with Crippen LogP contribution in [0.25, 0.3) is 0 Å². The lowest BCUT2D eigenvalue weighted by Crippen LogP contribution is -2.36. The summed E-state index contributed by atoms with van der Waals surface area (Å²) in [7, 11) is 0. The molecular weight excluding hydrogens is 232 g/mol. The standard InChI is InChI=1S/C12H20N4O2/c17-9-11-7-16(15-14-11)8-12(18)13-10-5-3-1-2-4-6-10/h7,10,17H,1-6,8-9H2,(H,13,18). The van der Waals surface area contributed by atoms with Crippen molar-refractivity contribution in [3.63, 3.8) is 0 Å². The first-order chi connectivity index (χ1) is 8.78. The second-order valence-electron chi connectivity index (χ2n) is 4.82. The normalized spacial score (nSPS) is 17.4. The van der Waals surface area contributed by atoms with Gasteiger partial charge in [0.15, 0.2) is 0 Å². The van der Waals surface area contributed by atoms with E-state index in [0.717, 1.165) is 12.8 Å². The number of amides is 1. The van der Waals surface area contributed by atoms with E-state index in [1.165, 1.54) is 30.4 Å². The molecule has 1 saturated carbocycles. The molecule has 0 saturated heterocycles. The Hall–Kier alpha value is -1.43. The van der Waals surface area contributed by atoms with Crippen molar-refractivity contribution < 1.29 is 9.90 Å². The summed E-state index contributed by atoms with van der Waals surface area (Å²) in [6.45, 7) is 0.0216. The molecule has 1 amide bonds. The maximum absolute atomic E-state index is 11.8. The van der Waals surface area contributed by atoms with Crippen molar-refractivity contribution in [2.75, 3.05) is 0 Å². The van der Waals surface area contributed by atoms with E-state index in [9.17, 15) is 4.79 Å². The summed E-state index contributed by atoms with van der Waals surface area (Å²) in [4.78, 5) is 11.8. The van der Waals surface area contributed by atoms with Crippen molar-refractivity contribution in [2.45, 2.75) is 57.7 Å². The van der Waals surface area contributed by atoms with Gasteiger partial charge in [-0.2, -0.15) is 0 Å². The highest BCUT2D eigenvalue weighted by molar-refractivity contribution is 5.75. The number of rotatable bonds is 4. The zero-order valence-electron chi connectivity index (χ0n) is 10.5. The minimum absolute atomic E-state index is 0.0312. The minimum Gasteiger partial charge on any atom is -0.390 e. The van der Waals surface area contributed by atoms with Gasteiger partial charge in [-0.05, 0) is 12.8 Å². The van der Waals surface area contributed by atoms with Crippen molar-refractivity contribution in [2.24, 2.45) is 0 Å². The molecule has 18 heavy (non-hydrogen) atoms. The van der Waals surface area contributed by atoms with Gasteiger partial charge in [-0.3, -0.25) is 4.79 Å². The Bertz CT molecular complexity index is 383. The average molecular weight is 252 g/mol. The molecule has 6 heteroatoms. The van der Waals surface area contributed by atoms with E-state index in [1.54, 1.807) is 6.20 Å². The molecule has 0 bridgehead atoms. The molecule has 1 aromatic heterocycles. The lowest BCUT2D eigenvalue weighted by Gasteiger charge is -2.15. The van der Waals surface area contributed by atoms with Gasteiger partial charge >= 0.3 is 0 Å². The molecule has 1 aliphatic rings. The number of aliphatic hydroxyl groups excluding tert-OH is 1. The number of aromatic nitrogens is 3. The van der Waals surface area contributed by atoms with E-state index in [2.05, 4.69) is 15.6 Å². The van der Waals surface area contributed by atoms with Crippen LogP contribution in [0.5, 0.6) is 0 Å². The molecule has 100 valence electrons. The summed E-state index contributed by atoms with van der Waals surface area (Å²) >= 11 is 0. The lowest BCUT2D eigenvalue weighted by molar-refractivity contribution is -0.122. The highest BCUT2D eigenvalue weighted by atomic mass is 16.3. The second kappa shape index (κ2) is 6.49. The van der Waals surface area contributed by atoms with Crippen LogP contribution in [0.4, 0.5) is 0 Å². The molecule has 0 aromatic carbocycles. The summed E-state index contributed by atoms with van der Waals surface area (Å²) in [6.07, 6.45) is 8.68. The first-order valence-corrected chi connectivity index (χ1v) is 6.57. The van der Waals surface area contributed by atoms with Gasteiger partial charge in [-0.1, -0.05) is 30.9 Å². The van der Waals surface area contributed by atoms with Crippen LogP contribution in [-0.2, 0) is 17.9 Å². The predicted molar refractivity (Wildman–Crippen MR) is 65.6 cm³/mol. The number of hydrogen-bond acceptors (Lipinski definition) is 4. The highest BCUT2D eigenvalue weighted by Crippen LogP contribution is 2.17. The molecule has 6 nitrogen and oxygen atoms in total. The fraction of sp³-hybridized carbons (Fsp3) is 0.750. The fourth-order valence-electron chi connectivity index (χ4n) is 2.33. The Labute approximate surface area is 106 Å². The quantitative estimate of drug-likeness (QED) is 0.769. The SMILES string of the molecule is O=C(Cn1cc(CO)nn1)NC1CCCCCC1. The van der Waals surface area contributed by atoms with Crippen LogP contribution in [0.15, 0.2) is 6.20 Å². The van der Waals surface area contributed by atoms with Gasteiger partial charge in [0.2, 0.25) is 5.91 Å². The molecule has 0 radical (unpaired) electrons. The number of carbonyl (C=O) groups is 1. The predicted octanol–water partition coefficient (Wildman–Crippen LogP) is 0.609. The van der Waals surface area contributed by atoms with Crippen LogP contribution in [0.2, 0.25) is 0 Å². The molecular formula is C12H20N4O2. The summed E-state index contributed by atoms with van der Waals surface area (Å²) in [5.41, 5.74) is 0.484. The minimum atomic E-state index is -0.149. The molecule has 2 N–H and O–H groups in total. The molecule has 0 atom stereocenters. The first kappa shape index (κ1) is 13.0. The van der Waals surface area contributed by atoms with Crippen molar-refractivity contribution in [1.29, 1.82) is 0 Å².